The summed E-state index contributed by atoms with van der Waals surface area (Å²) in [7, 11) is 0. The van der Waals surface area contributed by atoms with E-state index >= 15 is 0 Å². The lowest BCUT2D eigenvalue weighted by Gasteiger charge is -2.47. The summed E-state index contributed by atoms with van der Waals surface area (Å²) in [5, 5.41) is 10.6. The molecule has 0 radical (unpaired) electrons. The lowest BCUT2D eigenvalue weighted by atomic mass is 9.71. The monoisotopic (exact) mass is 348 g/mol. The van der Waals surface area contributed by atoms with Crippen molar-refractivity contribution in [2.45, 2.75) is 31.2 Å². The Morgan fingerprint density at radius 2 is 2.38 bits per heavy atom. The number of aromatic amines is 1. The average molecular weight is 348 g/mol. The number of aromatic nitrogens is 1. The van der Waals surface area contributed by atoms with Crippen molar-refractivity contribution in [1.82, 2.24) is 9.88 Å². The second kappa shape index (κ2) is 6.62. The Morgan fingerprint density at radius 3 is 3.12 bits per heavy atom. The highest BCUT2D eigenvalue weighted by Gasteiger charge is 2.41. The van der Waals surface area contributed by atoms with Crippen molar-refractivity contribution >= 4 is 16.8 Å². The van der Waals surface area contributed by atoms with Crippen LogP contribution >= 0.6 is 0 Å². The van der Waals surface area contributed by atoms with Gasteiger partial charge in [-0.2, -0.15) is 5.26 Å². The zero-order chi connectivity index (χ0) is 18.3. The first kappa shape index (κ1) is 16.9. The molecule has 1 amide bonds. The van der Waals surface area contributed by atoms with Gasteiger partial charge in [0.15, 0.2) is 0 Å². The third-order valence-electron chi connectivity index (χ3n) is 6.09. The van der Waals surface area contributed by atoms with E-state index in [2.05, 4.69) is 46.9 Å². The van der Waals surface area contributed by atoms with Gasteiger partial charge in [-0.1, -0.05) is 18.2 Å². The number of amides is 1. The van der Waals surface area contributed by atoms with E-state index in [4.69, 9.17) is 5.73 Å². The summed E-state index contributed by atoms with van der Waals surface area (Å²) in [6.45, 7) is 5.63. The van der Waals surface area contributed by atoms with Crippen molar-refractivity contribution in [3.05, 3.63) is 48.2 Å². The van der Waals surface area contributed by atoms with Gasteiger partial charge in [0, 0.05) is 42.1 Å². The quantitative estimate of drug-likeness (QED) is 0.815. The minimum atomic E-state index is -0.704. The number of nitrogens with two attached hydrogens (primary N) is 1. The molecule has 1 aromatic heterocycles. The molecule has 5 nitrogen and oxygen atoms in total. The fourth-order valence-corrected chi connectivity index (χ4v) is 5.01. The molecule has 2 aliphatic rings. The standard InChI is InChI=1S/C21H24N4O/c1-2-6-25-12-13(7-14(10-22)21(23)26)8-17-16-4-3-5-18-20(16)15(11-24-18)9-19(17)25/h2-5,11,13-14,17,19,24H,1,6-9,12H2,(H2,23,26). The SMILES string of the molecule is C=CCN1CC(CC(C#N)C(N)=O)CC2c3cccc4[nH]cc(c34)CC21. The van der Waals surface area contributed by atoms with Crippen molar-refractivity contribution in [3.8, 4) is 6.07 Å². The van der Waals surface area contributed by atoms with Crippen LogP contribution in [-0.2, 0) is 11.2 Å². The van der Waals surface area contributed by atoms with Crippen LogP contribution in [-0.4, -0.2) is 34.9 Å². The zero-order valence-electron chi connectivity index (χ0n) is 14.8. The molecule has 0 saturated carbocycles. The van der Waals surface area contributed by atoms with Gasteiger partial charge in [-0.3, -0.25) is 9.69 Å². The van der Waals surface area contributed by atoms with E-state index in [0.717, 1.165) is 25.9 Å². The molecule has 1 aromatic carbocycles. The number of carbonyl (C=O) groups excluding carboxylic acids is 1. The first-order valence-corrected chi connectivity index (χ1v) is 9.25. The lowest BCUT2D eigenvalue weighted by Crippen LogP contribution is -2.50. The summed E-state index contributed by atoms with van der Waals surface area (Å²) < 4.78 is 0. The van der Waals surface area contributed by atoms with Crippen LogP contribution in [0.25, 0.3) is 10.9 Å². The summed E-state index contributed by atoms with van der Waals surface area (Å²) in [6, 6.07) is 9.00. The summed E-state index contributed by atoms with van der Waals surface area (Å²) >= 11 is 0. The maximum Gasteiger partial charge on any atom is 0.234 e. The minimum Gasteiger partial charge on any atom is -0.369 e. The van der Waals surface area contributed by atoms with E-state index in [-0.39, 0.29) is 5.92 Å². The molecule has 3 N–H and O–H groups in total. The molecule has 1 aliphatic carbocycles. The number of hydrogen-bond donors (Lipinski definition) is 2. The molecule has 5 heteroatoms. The van der Waals surface area contributed by atoms with E-state index in [1.807, 2.05) is 6.08 Å². The van der Waals surface area contributed by atoms with Crippen molar-refractivity contribution in [1.29, 1.82) is 5.26 Å². The summed E-state index contributed by atoms with van der Waals surface area (Å²) in [6.07, 6.45) is 6.65. The molecule has 2 heterocycles. The minimum absolute atomic E-state index is 0.282. The van der Waals surface area contributed by atoms with Gasteiger partial charge in [-0.15, -0.1) is 6.58 Å². The van der Waals surface area contributed by atoms with E-state index < -0.39 is 11.8 Å². The summed E-state index contributed by atoms with van der Waals surface area (Å²) in [5.41, 5.74) is 9.38. The van der Waals surface area contributed by atoms with Gasteiger partial charge in [0.25, 0.3) is 0 Å². The smallest absolute Gasteiger partial charge is 0.234 e. The Morgan fingerprint density at radius 1 is 1.54 bits per heavy atom. The molecule has 2 aromatic rings. The van der Waals surface area contributed by atoms with Crippen molar-refractivity contribution in [2.75, 3.05) is 13.1 Å². The molecule has 26 heavy (non-hydrogen) atoms. The number of nitrogens with zero attached hydrogens (tertiary/aromatic N) is 2. The van der Waals surface area contributed by atoms with Crippen LogP contribution in [0.2, 0.25) is 0 Å². The van der Waals surface area contributed by atoms with Gasteiger partial charge < -0.3 is 10.7 Å². The van der Waals surface area contributed by atoms with Gasteiger partial charge in [-0.05, 0) is 42.4 Å². The number of carbonyl (C=O) groups is 1. The third kappa shape index (κ3) is 2.71. The lowest BCUT2D eigenvalue weighted by molar-refractivity contribution is -0.120. The highest BCUT2D eigenvalue weighted by Crippen LogP contribution is 2.45. The van der Waals surface area contributed by atoms with E-state index in [1.54, 1.807) is 0 Å². The fraction of sp³-hybridized carbons (Fsp3) is 0.429. The van der Waals surface area contributed by atoms with Crippen LogP contribution in [0.5, 0.6) is 0 Å². The first-order valence-electron chi connectivity index (χ1n) is 9.25. The first-order chi connectivity index (χ1) is 12.6. The number of piperidine rings is 1. The number of rotatable bonds is 5. The van der Waals surface area contributed by atoms with E-state index in [1.165, 1.54) is 22.0 Å². The summed E-state index contributed by atoms with van der Waals surface area (Å²) in [4.78, 5) is 17.4. The largest absolute Gasteiger partial charge is 0.369 e. The van der Waals surface area contributed by atoms with Crippen LogP contribution in [0.15, 0.2) is 37.1 Å². The van der Waals surface area contributed by atoms with E-state index in [9.17, 15) is 10.1 Å². The van der Waals surface area contributed by atoms with Gasteiger partial charge in [-0.25, -0.2) is 0 Å². The average Bonchev–Trinajstić information content (AvgIpc) is 3.05. The highest BCUT2D eigenvalue weighted by atomic mass is 16.1. The van der Waals surface area contributed by atoms with Gasteiger partial charge in [0.05, 0.1) is 6.07 Å². The second-order valence-corrected chi connectivity index (χ2v) is 7.63. The molecule has 0 bridgehead atoms. The predicted octanol–water partition coefficient (Wildman–Crippen LogP) is 2.70. The number of primary amides is 1. The maximum absolute atomic E-state index is 11.5. The van der Waals surface area contributed by atoms with Crippen molar-refractivity contribution in [2.24, 2.45) is 17.6 Å². The van der Waals surface area contributed by atoms with E-state index in [0.29, 0.717) is 18.4 Å². The van der Waals surface area contributed by atoms with Crippen LogP contribution in [0.1, 0.15) is 29.9 Å². The number of fused-ring (bicyclic) bond motifs is 2. The molecule has 1 saturated heterocycles. The third-order valence-corrected chi connectivity index (χ3v) is 6.09. The molecule has 4 unspecified atom stereocenters. The van der Waals surface area contributed by atoms with Gasteiger partial charge in [0.1, 0.15) is 5.92 Å². The molecule has 1 fully saturated rings. The molecule has 0 spiro atoms. The summed E-state index contributed by atoms with van der Waals surface area (Å²) in [5.74, 6) is -0.523. The van der Waals surface area contributed by atoms with Crippen molar-refractivity contribution in [3.63, 3.8) is 0 Å². The van der Waals surface area contributed by atoms with Crippen LogP contribution in [0, 0.1) is 23.2 Å². The molecule has 4 rings (SSSR count). The van der Waals surface area contributed by atoms with Gasteiger partial charge in [0.2, 0.25) is 5.91 Å². The number of benzene rings is 1. The Bertz CT molecular complexity index is 893. The number of nitriles is 1. The fourth-order valence-electron chi connectivity index (χ4n) is 5.01. The van der Waals surface area contributed by atoms with Gasteiger partial charge >= 0.3 is 0 Å². The van der Waals surface area contributed by atoms with Crippen LogP contribution < -0.4 is 5.73 Å². The Labute approximate surface area is 153 Å². The second-order valence-electron chi connectivity index (χ2n) is 7.63. The number of likely N-dealkylation sites (tertiary alicyclic amines) is 1. The number of hydrogen-bond acceptors (Lipinski definition) is 3. The molecular weight excluding hydrogens is 324 g/mol. The Hall–Kier alpha value is -2.58. The van der Waals surface area contributed by atoms with Crippen LogP contribution in [0.4, 0.5) is 0 Å². The number of H-pyrrole nitrogens is 1. The highest BCUT2D eigenvalue weighted by molar-refractivity contribution is 5.88. The molecule has 1 aliphatic heterocycles. The Kier molecular flexibility index (Phi) is 4.29. The predicted molar refractivity (Wildman–Crippen MR) is 101 cm³/mol. The molecular formula is C21H24N4O. The maximum atomic E-state index is 11.5. The van der Waals surface area contributed by atoms with Crippen LogP contribution in [0.3, 0.4) is 0 Å². The zero-order valence-corrected chi connectivity index (χ0v) is 14.8. The molecule has 134 valence electrons. The number of nitrogens with one attached hydrogen (secondary N) is 1. The molecule has 4 atom stereocenters. The van der Waals surface area contributed by atoms with Crippen molar-refractivity contribution < 1.29 is 4.79 Å². The normalized spacial score (nSPS) is 26.0. The Balaban J connectivity index is 1.69. The topological polar surface area (TPSA) is 85.9 Å².